The Hall–Kier alpha value is -2.34. The fraction of sp³-hybridized carbons (Fsp3) is 0.278. The van der Waals surface area contributed by atoms with E-state index in [1.54, 1.807) is 12.4 Å². The zero-order chi connectivity index (χ0) is 17.5. The average molecular weight is 343 g/mol. The molecule has 2 rings (SSSR count). The summed E-state index contributed by atoms with van der Waals surface area (Å²) in [4.78, 5) is 28.4. The lowest BCUT2D eigenvalue weighted by Crippen LogP contribution is -2.33. The van der Waals surface area contributed by atoms with Gasteiger partial charge in [-0.15, -0.1) is 11.8 Å². The number of carbonyl (C=O) groups excluding carboxylic acids is 2. The topological polar surface area (TPSA) is 71.1 Å². The van der Waals surface area contributed by atoms with Crippen molar-refractivity contribution in [3.05, 3.63) is 54.4 Å². The van der Waals surface area contributed by atoms with E-state index >= 15 is 0 Å². The lowest BCUT2D eigenvalue weighted by atomic mass is 10.1. The molecule has 0 spiro atoms. The number of pyridine rings is 1. The quantitative estimate of drug-likeness (QED) is 0.789. The van der Waals surface area contributed by atoms with Crippen molar-refractivity contribution in [2.75, 3.05) is 5.32 Å². The number of rotatable bonds is 6. The lowest BCUT2D eigenvalue weighted by molar-refractivity contribution is -0.121. The lowest BCUT2D eigenvalue weighted by Gasteiger charge is -2.17. The molecule has 6 heteroatoms. The van der Waals surface area contributed by atoms with Crippen LogP contribution in [0.3, 0.4) is 0 Å². The Kier molecular flexibility index (Phi) is 6.37. The van der Waals surface area contributed by atoms with E-state index in [-0.39, 0.29) is 23.1 Å². The van der Waals surface area contributed by atoms with Gasteiger partial charge in [-0.05, 0) is 49.7 Å². The van der Waals surface area contributed by atoms with Crippen LogP contribution in [0.5, 0.6) is 0 Å². The van der Waals surface area contributed by atoms with Gasteiger partial charge in [0.1, 0.15) is 0 Å². The van der Waals surface area contributed by atoms with Gasteiger partial charge < -0.3 is 10.6 Å². The van der Waals surface area contributed by atoms with Gasteiger partial charge >= 0.3 is 0 Å². The van der Waals surface area contributed by atoms with Crippen molar-refractivity contribution in [3.63, 3.8) is 0 Å². The first-order valence-corrected chi connectivity index (χ1v) is 8.58. The van der Waals surface area contributed by atoms with Crippen LogP contribution in [0, 0.1) is 0 Å². The summed E-state index contributed by atoms with van der Waals surface area (Å²) in [6.45, 7) is 5.28. The van der Waals surface area contributed by atoms with Crippen molar-refractivity contribution in [2.24, 2.45) is 0 Å². The second-order valence-electron chi connectivity index (χ2n) is 5.48. The highest BCUT2D eigenvalue weighted by molar-refractivity contribution is 8.00. The minimum Gasteiger partial charge on any atom is -0.349 e. The van der Waals surface area contributed by atoms with Crippen molar-refractivity contribution in [1.29, 1.82) is 0 Å². The Morgan fingerprint density at radius 2 is 1.83 bits per heavy atom. The monoisotopic (exact) mass is 343 g/mol. The van der Waals surface area contributed by atoms with Gasteiger partial charge in [0.25, 0.3) is 0 Å². The Labute approximate surface area is 146 Å². The van der Waals surface area contributed by atoms with E-state index in [0.29, 0.717) is 0 Å². The number of aromatic nitrogens is 1. The number of benzene rings is 1. The molecule has 0 aliphatic rings. The number of thioether (sulfide) groups is 1. The molecule has 2 amide bonds. The Bertz CT molecular complexity index is 689. The van der Waals surface area contributed by atoms with Crippen LogP contribution < -0.4 is 10.6 Å². The van der Waals surface area contributed by atoms with Gasteiger partial charge in [0, 0.05) is 29.9 Å². The normalized spacial score (nSPS) is 13.0. The fourth-order valence-electron chi connectivity index (χ4n) is 2.12. The predicted octanol–water partition coefficient (Wildman–Crippen LogP) is 3.40. The highest BCUT2D eigenvalue weighted by Gasteiger charge is 2.17. The standard InChI is InChI=1S/C18H21N3O2S/c1-12(15-5-4-10-19-11-15)20-18(23)13(2)24-17-8-6-16(7-9-17)21-14(3)22/h4-13H,1-3H3,(H,20,23)(H,21,22)/t12-,13+/m0/s1. The van der Waals surface area contributed by atoms with Gasteiger partial charge in [0.15, 0.2) is 0 Å². The maximum atomic E-state index is 12.3. The summed E-state index contributed by atoms with van der Waals surface area (Å²) in [6.07, 6.45) is 3.46. The molecule has 24 heavy (non-hydrogen) atoms. The van der Waals surface area contributed by atoms with Gasteiger partial charge in [-0.3, -0.25) is 14.6 Å². The van der Waals surface area contributed by atoms with Gasteiger partial charge in [-0.25, -0.2) is 0 Å². The van der Waals surface area contributed by atoms with Crippen LogP contribution in [0.4, 0.5) is 5.69 Å². The molecule has 0 aliphatic heterocycles. The van der Waals surface area contributed by atoms with Crippen LogP contribution in [0.2, 0.25) is 0 Å². The van der Waals surface area contributed by atoms with Crippen molar-refractivity contribution >= 4 is 29.3 Å². The molecule has 1 heterocycles. The molecule has 2 aromatic rings. The maximum absolute atomic E-state index is 12.3. The molecule has 126 valence electrons. The van der Waals surface area contributed by atoms with E-state index in [9.17, 15) is 9.59 Å². The number of carbonyl (C=O) groups is 2. The van der Waals surface area contributed by atoms with E-state index in [2.05, 4.69) is 15.6 Å². The smallest absolute Gasteiger partial charge is 0.233 e. The third-order valence-electron chi connectivity index (χ3n) is 3.40. The Morgan fingerprint density at radius 3 is 2.42 bits per heavy atom. The molecule has 0 aliphatic carbocycles. The molecule has 1 aromatic heterocycles. The molecule has 0 fully saturated rings. The van der Waals surface area contributed by atoms with E-state index in [0.717, 1.165) is 16.1 Å². The summed E-state index contributed by atoms with van der Waals surface area (Å²) >= 11 is 1.48. The van der Waals surface area contributed by atoms with Crippen LogP contribution in [0.15, 0.2) is 53.7 Å². The van der Waals surface area contributed by atoms with Crippen LogP contribution in [0.25, 0.3) is 0 Å². The minimum absolute atomic E-state index is 0.0257. The van der Waals surface area contributed by atoms with E-state index in [1.165, 1.54) is 18.7 Å². The van der Waals surface area contributed by atoms with Crippen LogP contribution >= 0.6 is 11.8 Å². The van der Waals surface area contributed by atoms with Crippen molar-refractivity contribution in [2.45, 2.75) is 37.0 Å². The summed E-state index contributed by atoms with van der Waals surface area (Å²) < 4.78 is 0. The zero-order valence-electron chi connectivity index (χ0n) is 13.9. The van der Waals surface area contributed by atoms with Crippen LogP contribution in [-0.4, -0.2) is 22.0 Å². The summed E-state index contributed by atoms with van der Waals surface area (Å²) in [7, 11) is 0. The number of hydrogen-bond acceptors (Lipinski definition) is 4. The molecule has 2 N–H and O–H groups in total. The zero-order valence-corrected chi connectivity index (χ0v) is 14.8. The van der Waals surface area contributed by atoms with E-state index in [1.807, 2.05) is 50.2 Å². The van der Waals surface area contributed by atoms with Crippen molar-refractivity contribution < 1.29 is 9.59 Å². The summed E-state index contributed by atoms with van der Waals surface area (Å²) in [5.74, 6) is -0.130. The molecule has 2 atom stereocenters. The Morgan fingerprint density at radius 1 is 1.12 bits per heavy atom. The number of nitrogens with zero attached hydrogens (tertiary/aromatic N) is 1. The SMILES string of the molecule is CC(=O)Nc1ccc(S[C@H](C)C(=O)N[C@@H](C)c2cccnc2)cc1. The molecular weight excluding hydrogens is 322 g/mol. The summed E-state index contributed by atoms with van der Waals surface area (Å²) in [6, 6.07) is 11.1. The molecule has 1 aromatic carbocycles. The van der Waals surface area contributed by atoms with Gasteiger partial charge in [0.05, 0.1) is 11.3 Å². The highest BCUT2D eigenvalue weighted by Crippen LogP contribution is 2.25. The van der Waals surface area contributed by atoms with E-state index < -0.39 is 0 Å². The van der Waals surface area contributed by atoms with Gasteiger partial charge in [0.2, 0.25) is 11.8 Å². The third-order valence-corrected chi connectivity index (χ3v) is 4.51. The van der Waals surface area contributed by atoms with Crippen molar-refractivity contribution in [3.8, 4) is 0 Å². The second kappa shape index (κ2) is 8.49. The maximum Gasteiger partial charge on any atom is 0.233 e. The first-order valence-electron chi connectivity index (χ1n) is 7.70. The molecule has 5 nitrogen and oxygen atoms in total. The minimum atomic E-state index is -0.226. The summed E-state index contributed by atoms with van der Waals surface area (Å²) in [5.41, 5.74) is 1.72. The number of anilines is 1. The summed E-state index contributed by atoms with van der Waals surface area (Å²) in [5, 5.41) is 5.49. The van der Waals surface area contributed by atoms with Crippen LogP contribution in [-0.2, 0) is 9.59 Å². The molecule has 0 bridgehead atoms. The first kappa shape index (κ1) is 18.0. The van der Waals surface area contributed by atoms with E-state index in [4.69, 9.17) is 0 Å². The molecule has 0 unspecified atom stereocenters. The van der Waals surface area contributed by atoms with Gasteiger partial charge in [-0.1, -0.05) is 6.07 Å². The fourth-order valence-corrected chi connectivity index (χ4v) is 3.00. The first-order chi connectivity index (χ1) is 11.5. The van der Waals surface area contributed by atoms with Crippen LogP contribution in [0.1, 0.15) is 32.4 Å². The average Bonchev–Trinajstić information content (AvgIpc) is 2.56. The Balaban J connectivity index is 1.90. The van der Waals surface area contributed by atoms with Crippen molar-refractivity contribution in [1.82, 2.24) is 10.3 Å². The molecular formula is C18H21N3O2S. The third kappa shape index (κ3) is 5.38. The number of amides is 2. The molecule has 0 radical (unpaired) electrons. The largest absolute Gasteiger partial charge is 0.349 e. The molecule has 0 saturated carbocycles. The number of hydrogen-bond donors (Lipinski definition) is 2. The predicted molar refractivity (Wildman–Crippen MR) is 96.9 cm³/mol. The number of nitrogens with one attached hydrogen (secondary N) is 2. The highest BCUT2D eigenvalue weighted by atomic mass is 32.2. The second-order valence-corrected chi connectivity index (χ2v) is 6.90. The molecule has 0 saturated heterocycles. The van der Waals surface area contributed by atoms with Gasteiger partial charge in [-0.2, -0.15) is 0 Å².